The third-order valence-corrected chi connectivity index (χ3v) is 5.74. The van der Waals surface area contributed by atoms with Gasteiger partial charge in [-0.2, -0.15) is 0 Å². The third kappa shape index (κ3) is 7.38. The zero-order valence-corrected chi connectivity index (χ0v) is 18.0. The highest BCUT2D eigenvalue weighted by molar-refractivity contribution is 7.89. The molecule has 0 atom stereocenters. The fourth-order valence-electron chi connectivity index (χ4n) is 2.81. The Kier molecular flexibility index (Phi) is 9.00. The fraction of sp³-hybridized carbons (Fsp3) is 0.450. The molecule has 3 N–H and O–H groups in total. The summed E-state index contributed by atoms with van der Waals surface area (Å²) in [4.78, 5) is 12.3. The number of esters is 1. The van der Waals surface area contributed by atoms with Gasteiger partial charge in [0.25, 0.3) is 0 Å². The molecule has 0 aliphatic rings. The van der Waals surface area contributed by atoms with E-state index in [1.54, 1.807) is 12.1 Å². The van der Waals surface area contributed by atoms with Gasteiger partial charge in [-0.3, -0.25) is 0 Å². The molecular weight excluding hydrogens is 416 g/mol. The number of sulfonamides is 1. The predicted octanol–water partition coefficient (Wildman–Crippen LogP) is 4.71. The molecule has 0 saturated carbocycles. The van der Waals surface area contributed by atoms with Crippen LogP contribution < -0.4 is 10.5 Å². The molecule has 1 aromatic carbocycles. The molecule has 0 aliphatic carbocycles. The van der Waals surface area contributed by atoms with Gasteiger partial charge in [0, 0.05) is 0 Å². The molecule has 1 aromatic heterocycles. The molecule has 0 unspecified atom stereocenters. The van der Waals surface area contributed by atoms with Gasteiger partial charge in [0.1, 0.15) is 10.7 Å². The second-order valence-electron chi connectivity index (χ2n) is 6.71. The van der Waals surface area contributed by atoms with E-state index in [0.717, 1.165) is 25.3 Å². The van der Waals surface area contributed by atoms with Crippen molar-refractivity contribution >= 4 is 33.3 Å². The molecule has 0 radical (unpaired) electrons. The largest absolute Gasteiger partial charge is 0.467 e. The maximum absolute atomic E-state index is 12.6. The number of ether oxygens (including phenoxy) is 1. The number of anilines is 1. The number of furan rings is 1. The van der Waals surface area contributed by atoms with E-state index in [9.17, 15) is 13.2 Å². The average Bonchev–Trinajstić information content (AvgIpc) is 3.18. The van der Waals surface area contributed by atoms with Gasteiger partial charge in [-0.05, 0) is 30.7 Å². The molecule has 1 heterocycles. The predicted molar refractivity (Wildman–Crippen MR) is 113 cm³/mol. The van der Waals surface area contributed by atoms with E-state index in [1.165, 1.54) is 31.6 Å². The first-order valence-electron chi connectivity index (χ1n) is 9.62. The summed E-state index contributed by atoms with van der Waals surface area (Å²) in [6.07, 6.45) is 7.89. The molecule has 0 saturated heterocycles. The Balaban J connectivity index is 2.10. The summed E-state index contributed by atoms with van der Waals surface area (Å²) in [5.41, 5.74) is 0.391. The quantitative estimate of drug-likeness (QED) is 0.363. The van der Waals surface area contributed by atoms with Crippen LogP contribution in [-0.4, -0.2) is 21.0 Å². The normalized spacial score (nSPS) is 11.4. The Labute approximate surface area is 176 Å². The van der Waals surface area contributed by atoms with E-state index in [0.29, 0.717) is 11.4 Å². The summed E-state index contributed by atoms with van der Waals surface area (Å²) >= 11 is 6.06. The summed E-state index contributed by atoms with van der Waals surface area (Å²) in [6, 6.07) is 6.00. The number of halogens is 1. The molecule has 7 nitrogen and oxygen atoms in total. The first-order valence-corrected chi connectivity index (χ1v) is 11.5. The van der Waals surface area contributed by atoms with Crippen molar-refractivity contribution < 1.29 is 22.4 Å². The third-order valence-electron chi connectivity index (χ3n) is 4.36. The van der Waals surface area contributed by atoms with Gasteiger partial charge in [-0.25, -0.2) is 18.4 Å². The van der Waals surface area contributed by atoms with Crippen LogP contribution in [0.3, 0.4) is 0 Å². The number of nitrogens with two attached hydrogens (primary N) is 1. The highest BCUT2D eigenvalue weighted by Crippen LogP contribution is 2.29. The molecule has 9 heteroatoms. The minimum Gasteiger partial charge on any atom is -0.467 e. The fourth-order valence-corrected chi connectivity index (χ4v) is 3.91. The lowest BCUT2D eigenvalue weighted by Gasteiger charge is -2.14. The maximum Gasteiger partial charge on any atom is 0.340 e. The standard InChI is InChI=1S/C20H27ClN2O5S/c1-2-3-4-5-6-7-10-28-20(24)16-12-19(29(22,25)26)17(21)13-18(16)23-14-15-9-8-11-27-15/h8-9,11-13,23H,2-7,10,14H2,1H3,(H2,22,25,26). The summed E-state index contributed by atoms with van der Waals surface area (Å²) in [7, 11) is -4.09. The molecule has 0 amide bonds. The number of carbonyl (C=O) groups is 1. The van der Waals surface area contributed by atoms with Crippen LogP contribution in [0.5, 0.6) is 0 Å². The van der Waals surface area contributed by atoms with Crippen LogP contribution in [0.4, 0.5) is 5.69 Å². The molecule has 2 aromatic rings. The lowest BCUT2D eigenvalue weighted by Crippen LogP contribution is -2.16. The van der Waals surface area contributed by atoms with Crippen molar-refractivity contribution in [3.8, 4) is 0 Å². The Morgan fingerprint density at radius 2 is 1.93 bits per heavy atom. The van der Waals surface area contributed by atoms with Gasteiger partial charge in [0.15, 0.2) is 0 Å². The van der Waals surface area contributed by atoms with Crippen molar-refractivity contribution in [2.75, 3.05) is 11.9 Å². The number of rotatable bonds is 12. The minimum atomic E-state index is -4.09. The topological polar surface area (TPSA) is 112 Å². The second kappa shape index (κ2) is 11.2. The number of hydrogen-bond donors (Lipinski definition) is 2. The molecule has 2 rings (SSSR count). The molecule has 0 aliphatic heterocycles. The van der Waals surface area contributed by atoms with Crippen molar-refractivity contribution in [3.05, 3.63) is 46.9 Å². The Bertz CT molecular complexity index is 898. The summed E-state index contributed by atoms with van der Waals surface area (Å²) < 4.78 is 34.1. The van der Waals surface area contributed by atoms with Crippen LogP contribution in [0, 0.1) is 0 Å². The lowest BCUT2D eigenvalue weighted by atomic mass is 10.1. The number of carbonyl (C=O) groups excluding carboxylic acids is 1. The summed E-state index contributed by atoms with van der Waals surface area (Å²) in [5, 5.41) is 8.15. The minimum absolute atomic E-state index is 0.0518. The van der Waals surface area contributed by atoms with Gasteiger partial charge in [0.2, 0.25) is 10.0 Å². The number of primary sulfonamides is 1. The van der Waals surface area contributed by atoms with E-state index < -0.39 is 16.0 Å². The van der Waals surface area contributed by atoms with Gasteiger partial charge >= 0.3 is 5.97 Å². The SMILES string of the molecule is CCCCCCCCOC(=O)c1cc(S(N)(=O)=O)c(Cl)cc1NCc1ccco1. The van der Waals surface area contributed by atoms with Gasteiger partial charge < -0.3 is 14.5 Å². The van der Waals surface area contributed by atoms with Crippen molar-refractivity contribution in [2.24, 2.45) is 5.14 Å². The smallest absolute Gasteiger partial charge is 0.340 e. The average molecular weight is 443 g/mol. The van der Waals surface area contributed by atoms with Crippen molar-refractivity contribution in [2.45, 2.75) is 56.9 Å². The maximum atomic E-state index is 12.6. The van der Waals surface area contributed by atoms with Crippen molar-refractivity contribution in [1.82, 2.24) is 0 Å². The van der Waals surface area contributed by atoms with Crippen LogP contribution in [0.1, 0.15) is 61.6 Å². The lowest BCUT2D eigenvalue weighted by molar-refractivity contribution is 0.0498. The van der Waals surface area contributed by atoms with Crippen LogP contribution in [0.2, 0.25) is 5.02 Å². The highest BCUT2D eigenvalue weighted by Gasteiger charge is 2.21. The number of unbranched alkanes of at least 4 members (excludes halogenated alkanes) is 5. The molecule has 29 heavy (non-hydrogen) atoms. The Hall–Kier alpha value is -2.03. The van der Waals surface area contributed by atoms with E-state index in [2.05, 4.69) is 12.2 Å². The first-order chi connectivity index (χ1) is 13.8. The summed E-state index contributed by atoms with van der Waals surface area (Å²) in [5.74, 6) is 0.00473. The first kappa shape index (κ1) is 23.3. The van der Waals surface area contributed by atoms with Gasteiger partial charge in [-0.15, -0.1) is 0 Å². The molecule has 0 bridgehead atoms. The van der Waals surface area contributed by atoms with Gasteiger partial charge in [0.05, 0.1) is 35.7 Å². The Morgan fingerprint density at radius 1 is 1.21 bits per heavy atom. The summed E-state index contributed by atoms with van der Waals surface area (Å²) in [6.45, 7) is 2.70. The van der Waals surface area contributed by atoms with Gasteiger partial charge in [-0.1, -0.05) is 50.6 Å². The molecule has 160 valence electrons. The van der Waals surface area contributed by atoms with Crippen molar-refractivity contribution in [1.29, 1.82) is 0 Å². The van der Waals surface area contributed by atoms with Crippen LogP contribution in [-0.2, 0) is 21.3 Å². The van der Waals surface area contributed by atoms with E-state index >= 15 is 0 Å². The number of hydrogen-bond acceptors (Lipinski definition) is 6. The second-order valence-corrected chi connectivity index (χ2v) is 8.65. The number of nitrogens with one attached hydrogen (secondary N) is 1. The zero-order valence-electron chi connectivity index (χ0n) is 16.4. The van der Waals surface area contributed by atoms with E-state index in [-0.39, 0.29) is 28.6 Å². The van der Waals surface area contributed by atoms with E-state index in [1.807, 2.05) is 0 Å². The molecular formula is C20H27ClN2O5S. The zero-order chi connectivity index (χ0) is 21.3. The van der Waals surface area contributed by atoms with Crippen LogP contribution in [0.15, 0.2) is 39.8 Å². The van der Waals surface area contributed by atoms with E-state index in [4.69, 9.17) is 25.9 Å². The van der Waals surface area contributed by atoms with Crippen molar-refractivity contribution in [3.63, 3.8) is 0 Å². The number of benzene rings is 1. The Morgan fingerprint density at radius 3 is 2.59 bits per heavy atom. The molecule has 0 spiro atoms. The highest BCUT2D eigenvalue weighted by atomic mass is 35.5. The van der Waals surface area contributed by atoms with Crippen LogP contribution >= 0.6 is 11.6 Å². The monoisotopic (exact) mass is 442 g/mol. The molecule has 0 fully saturated rings. The van der Waals surface area contributed by atoms with Crippen LogP contribution in [0.25, 0.3) is 0 Å².